The second-order valence-electron chi connectivity index (χ2n) is 4.26. The number of hydrogen-bond acceptors (Lipinski definition) is 5. The van der Waals surface area contributed by atoms with Crippen LogP contribution in [0.3, 0.4) is 0 Å². The number of phenolic OH excluding ortho intramolecular Hbond substituents is 1. The molecular weight excluding hydrogens is 269 g/mol. The van der Waals surface area contributed by atoms with Gasteiger partial charge in [-0.1, -0.05) is 18.3 Å². The number of benzene rings is 1. The smallest absolute Gasteiger partial charge is 0.269 e. The van der Waals surface area contributed by atoms with E-state index in [9.17, 15) is 9.18 Å². The maximum Gasteiger partial charge on any atom is 0.269 e. The first-order valence-corrected chi connectivity index (χ1v) is 6.38. The number of carbonyl (C=O) groups is 1. The molecule has 0 spiro atoms. The molecule has 0 saturated carbocycles. The van der Waals surface area contributed by atoms with Gasteiger partial charge >= 0.3 is 0 Å². The number of aromatic hydroxyl groups is 1. The van der Waals surface area contributed by atoms with Gasteiger partial charge < -0.3 is 10.4 Å². The van der Waals surface area contributed by atoms with Gasteiger partial charge in [-0.05, 0) is 29.6 Å². The Balaban J connectivity index is 2.21. The third-order valence-corrected chi connectivity index (χ3v) is 3.21. The van der Waals surface area contributed by atoms with Gasteiger partial charge in [-0.25, -0.2) is 4.39 Å². The summed E-state index contributed by atoms with van der Waals surface area (Å²) >= 11 is 0.996. The fourth-order valence-electron chi connectivity index (χ4n) is 1.51. The van der Waals surface area contributed by atoms with Crippen molar-refractivity contribution < 1.29 is 14.3 Å². The highest BCUT2D eigenvalue weighted by molar-refractivity contribution is 7.08. The molecule has 0 aliphatic rings. The Bertz CT molecular complexity index is 613. The molecule has 2 N–H and O–H groups in total. The summed E-state index contributed by atoms with van der Waals surface area (Å²) in [6.45, 7) is 3.82. The minimum Gasteiger partial charge on any atom is -0.505 e. The summed E-state index contributed by atoms with van der Waals surface area (Å²) in [7, 11) is 0. The Kier molecular flexibility index (Phi) is 3.75. The predicted molar refractivity (Wildman–Crippen MR) is 70.0 cm³/mol. The number of nitrogens with one attached hydrogen (secondary N) is 1. The Morgan fingerprint density at radius 2 is 2.21 bits per heavy atom. The predicted octanol–water partition coefficient (Wildman–Crippen LogP) is 2.76. The lowest BCUT2D eigenvalue weighted by molar-refractivity contribution is 0.102. The van der Waals surface area contributed by atoms with Crippen LogP contribution < -0.4 is 5.32 Å². The third-order valence-electron chi connectivity index (χ3n) is 2.47. The summed E-state index contributed by atoms with van der Waals surface area (Å²) in [5.74, 6) is -1.55. The number of amides is 1. The topological polar surface area (TPSA) is 75.1 Å². The second-order valence-corrected chi connectivity index (χ2v) is 5.02. The van der Waals surface area contributed by atoms with Gasteiger partial charge in [-0.15, -0.1) is 5.10 Å². The van der Waals surface area contributed by atoms with E-state index >= 15 is 0 Å². The quantitative estimate of drug-likeness (QED) is 0.848. The number of rotatable bonds is 3. The van der Waals surface area contributed by atoms with Crippen LogP contribution in [-0.2, 0) is 0 Å². The molecule has 2 rings (SSSR count). The van der Waals surface area contributed by atoms with Crippen LogP contribution in [0.2, 0.25) is 0 Å². The normalized spacial score (nSPS) is 10.7. The molecule has 0 bridgehead atoms. The van der Waals surface area contributed by atoms with E-state index < -0.39 is 11.6 Å². The summed E-state index contributed by atoms with van der Waals surface area (Å²) in [5.41, 5.74) is 0.880. The molecule has 2 aromatic rings. The maximum atomic E-state index is 13.2. The molecule has 1 aromatic carbocycles. The van der Waals surface area contributed by atoms with Crippen LogP contribution in [0.25, 0.3) is 0 Å². The molecule has 0 aliphatic heterocycles. The minimum atomic E-state index is -0.788. The van der Waals surface area contributed by atoms with Crippen molar-refractivity contribution in [3.05, 3.63) is 34.6 Å². The van der Waals surface area contributed by atoms with Crippen molar-refractivity contribution in [1.82, 2.24) is 9.59 Å². The van der Waals surface area contributed by atoms with E-state index in [-0.39, 0.29) is 17.5 Å². The van der Waals surface area contributed by atoms with Gasteiger partial charge in [0, 0.05) is 11.8 Å². The number of anilines is 1. The lowest BCUT2D eigenvalue weighted by Crippen LogP contribution is -2.13. The van der Waals surface area contributed by atoms with Crippen molar-refractivity contribution in [3.63, 3.8) is 0 Å². The van der Waals surface area contributed by atoms with Gasteiger partial charge in [0.1, 0.15) is 4.88 Å². The third kappa shape index (κ3) is 2.87. The average molecular weight is 281 g/mol. The van der Waals surface area contributed by atoms with E-state index in [0.717, 1.165) is 17.6 Å². The van der Waals surface area contributed by atoms with Crippen LogP contribution in [0.5, 0.6) is 5.75 Å². The molecule has 0 atom stereocenters. The van der Waals surface area contributed by atoms with Gasteiger partial charge in [-0.3, -0.25) is 4.79 Å². The van der Waals surface area contributed by atoms with Crippen LogP contribution >= 0.6 is 11.5 Å². The molecule has 1 aromatic heterocycles. The lowest BCUT2D eigenvalue weighted by Gasteiger charge is -2.06. The average Bonchev–Trinajstić information content (AvgIpc) is 2.83. The molecule has 0 fully saturated rings. The minimum absolute atomic E-state index is 0.0797. The SMILES string of the molecule is CC(C)c1nnsc1C(=O)Nc1ccc(O)c(F)c1. The largest absolute Gasteiger partial charge is 0.505 e. The van der Waals surface area contributed by atoms with E-state index in [1.165, 1.54) is 12.1 Å². The Morgan fingerprint density at radius 1 is 1.47 bits per heavy atom. The van der Waals surface area contributed by atoms with Crippen LogP contribution in [0.15, 0.2) is 18.2 Å². The monoisotopic (exact) mass is 281 g/mol. The summed E-state index contributed by atoms with van der Waals surface area (Å²) in [5, 5.41) is 15.5. The highest BCUT2D eigenvalue weighted by atomic mass is 32.1. The molecule has 7 heteroatoms. The van der Waals surface area contributed by atoms with Gasteiger partial charge in [0.15, 0.2) is 11.6 Å². The van der Waals surface area contributed by atoms with Crippen molar-refractivity contribution in [1.29, 1.82) is 0 Å². The van der Waals surface area contributed by atoms with Gasteiger partial charge in [0.2, 0.25) is 0 Å². The first-order valence-electron chi connectivity index (χ1n) is 5.61. The summed E-state index contributed by atoms with van der Waals surface area (Å²) in [6.07, 6.45) is 0. The summed E-state index contributed by atoms with van der Waals surface area (Å²) < 4.78 is 16.9. The van der Waals surface area contributed by atoms with E-state index in [0.29, 0.717) is 10.6 Å². The van der Waals surface area contributed by atoms with E-state index in [4.69, 9.17) is 5.11 Å². The van der Waals surface area contributed by atoms with Crippen LogP contribution in [0.4, 0.5) is 10.1 Å². The van der Waals surface area contributed by atoms with Crippen LogP contribution in [-0.4, -0.2) is 20.6 Å². The zero-order valence-corrected chi connectivity index (χ0v) is 11.2. The highest BCUT2D eigenvalue weighted by Crippen LogP contribution is 2.23. The summed E-state index contributed by atoms with van der Waals surface area (Å²) in [4.78, 5) is 12.4. The zero-order chi connectivity index (χ0) is 14.0. The molecule has 1 heterocycles. The van der Waals surface area contributed by atoms with Gasteiger partial charge in [0.05, 0.1) is 5.69 Å². The number of aromatic nitrogens is 2. The van der Waals surface area contributed by atoms with E-state index in [1.807, 2.05) is 13.8 Å². The number of nitrogens with zero attached hydrogens (tertiary/aromatic N) is 2. The van der Waals surface area contributed by atoms with Gasteiger partial charge in [-0.2, -0.15) is 0 Å². The maximum absolute atomic E-state index is 13.2. The summed E-state index contributed by atoms with van der Waals surface area (Å²) in [6, 6.07) is 3.65. The number of hydrogen-bond donors (Lipinski definition) is 2. The van der Waals surface area contributed by atoms with Crippen molar-refractivity contribution >= 4 is 23.1 Å². The Labute approximate surface area is 113 Å². The Hall–Kier alpha value is -2.02. The molecule has 0 saturated heterocycles. The van der Waals surface area contributed by atoms with Gasteiger partial charge in [0.25, 0.3) is 5.91 Å². The zero-order valence-electron chi connectivity index (χ0n) is 10.3. The van der Waals surface area contributed by atoms with Crippen molar-refractivity contribution in [3.8, 4) is 5.75 Å². The molecular formula is C12H12FN3O2S. The lowest BCUT2D eigenvalue weighted by atomic mass is 10.1. The molecule has 100 valence electrons. The first kappa shape index (κ1) is 13.4. The van der Waals surface area contributed by atoms with Crippen LogP contribution in [0, 0.1) is 5.82 Å². The Morgan fingerprint density at radius 3 is 2.84 bits per heavy atom. The number of phenols is 1. The van der Waals surface area contributed by atoms with Crippen LogP contribution in [0.1, 0.15) is 35.1 Å². The molecule has 5 nitrogen and oxygen atoms in total. The van der Waals surface area contributed by atoms with Crippen molar-refractivity contribution in [2.45, 2.75) is 19.8 Å². The van der Waals surface area contributed by atoms with E-state index in [2.05, 4.69) is 14.9 Å². The highest BCUT2D eigenvalue weighted by Gasteiger charge is 2.19. The molecule has 0 unspecified atom stereocenters. The number of halogens is 1. The fraction of sp³-hybridized carbons (Fsp3) is 0.250. The standard InChI is InChI=1S/C12H12FN3O2S/c1-6(2)10-11(19-16-15-10)12(18)14-7-3-4-9(17)8(13)5-7/h3-6,17H,1-2H3,(H,14,18). The fourth-order valence-corrected chi connectivity index (χ4v) is 2.22. The van der Waals surface area contributed by atoms with Crippen molar-refractivity contribution in [2.75, 3.05) is 5.32 Å². The second kappa shape index (κ2) is 5.31. The molecule has 1 amide bonds. The first-order chi connectivity index (χ1) is 8.99. The van der Waals surface area contributed by atoms with Crippen molar-refractivity contribution in [2.24, 2.45) is 0 Å². The molecule has 0 radical (unpaired) electrons. The number of carbonyl (C=O) groups excluding carboxylic acids is 1. The van der Waals surface area contributed by atoms with E-state index in [1.54, 1.807) is 0 Å². The molecule has 0 aliphatic carbocycles. The molecule has 19 heavy (non-hydrogen) atoms.